The van der Waals surface area contributed by atoms with Crippen molar-refractivity contribution in [2.75, 3.05) is 47.5 Å². The summed E-state index contributed by atoms with van der Waals surface area (Å²) in [5.74, 6) is -0.803. The van der Waals surface area contributed by atoms with Gasteiger partial charge in [0.2, 0.25) is 0 Å². The van der Waals surface area contributed by atoms with Gasteiger partial charge in [0.25, 0.3) is 7.82 Å². The van der Waals surface area contributed by atoms with Crippen molar-refractivity contribution in [3.05, 3.63) is 48.6 Å². The lowest BCUT2D eigenvalue weighted by Crippen LogP contribution is -2.37. The molecular weight excluding hydrogens is 1270 g/mol. The lowest BCUT2D eigenvalue weighted by atomic mass is 10.0. The Bertz CT molecular complexity index is 1840. The van der Waals surface area contributed by atoms with Crippen molar-refractivity contribution in [2.45, 2.75) is 476 Å². The van der Waals surface area contributed by atoms with Crippen LogP contribution in [0, 0.1) is 0 Å². The van der Waals surface area contributed by atoms with Crippen molar-refractivity contribution >= 4 is 19.8 Å². The zero-order chi connectivity index (χ0) is 73.3. The summed E-state index contributed by atoms with van der Waals surface area (Å²) in [4.78, 5) is 38.3. The van der Waals surface area contributed by atoms with E-state index in [4.69, 9.17) is 18.5 Å². The fourth-order valence-corrected chi connectivity index (χ4v) is 14.6. The van der Waals surface area contributed by atoms with Gasteiger partial charge >= 0.3 is 11.9 Å². The van der Waals surface area contributed by atoms with Crippen molar-refractivity contribution in [1.29, 1.82) is 0 Å². The first kappa shape index (κ1) is 99.0. The fourth-order valence-electron chi connectivity index (χ4n) is 13.8. The van der Waals surface area contributed by atoms with Crippen LogP contribution in [-0.2, 0) is 32.7 Å². The van der Waals surface area contributed by atoms with Crippen LogP contribution < -0.4 is 4.89 Å². The van der Waals surface area contributed by atoms with Crippen molar-refractivity contribution in [3.63, 3.8) is 0 Å². The van der Waals surface area contributed by atoms with Crippen LogP contribution in [-0.4, -0.2) is 70.0 Å². The van der Waals surface area contributed by atoms with Crippen molar-refractivity contribution in [2.24, 2.45) is 0 Å². The van der Waals surface area contributed by atoms with Gasteiger partial charge in [0.15, 0.2) is 6.10 Å². The van der Waals surface area contributed by atoms with Crippen LogP contribution in [0.1, 0.15) is 470 Å². The Morgan fingerprint density at radius 2 is 0.564 bits per heavy atom. The molecule has 10 heteroatoms. The number of unbranched alkanes of at least 4 members (excludes halogenated alkanes) is 63. The molecule has 0 aromatic rings. The van der Waals surface area contributed by atoms with Gasteiger partial charge in [-0.3, -0.25) is 14.2 Å². The second-order valence-electron chi connectivity index (χ2n) is 31.9. The largest absolute Gasteiger partial charge is 0.756 e. The third-order valence-electron chi connectivity index (χ3n) is 20.6. The molecule has 0 bridgehead atoms. The fraction of sp³-hybridized carbons (Fsp3) is 0.890. The van der Waals surface area contributed by atoms with E-state index in [1.165, 1.54) is 379 Å². The van der Waals surface area contributed by atoms with Gasteiger partial charge in [-0.15, -0.1) is 0 Å². The van der Waals surface area contributed by atoms with Crippen LogP contribution in [0.5, 0.6) is 0 Å². The normalized spacial score (nSPS) is 13.1. The standard InChI is InChI=1S/C91H174NO8P/c1-6-8-10-12-14-16-18-20-22-24-26-28-30-32-34-36-38-40-42-44-46-48-50-52-54-56-58-60-62-64-66-68-70-72-74-76-78-80-82-84-91(94)100-89(88-99-101(95,96)98-86-85-92(3,4)5)87-97-90(93)83-81-79-77-75-73-71-69-67-65-63-61-59-57-55-53-51-49-47-45-43-41-39-37-35-33-31-29-27-25-23-21-19-17-15-13-11-9-7-2/h8,10,14,16,20,22,26,28,89H,6-7,9,11-13,15,17-19,21,23-25,27,29-88H2,1-5H3/b10-8-,16-14-,22-20-,28-26-. The minimum Gasteiger partial charge on any atom is -0.756 e. The maximum absolute atomic E-state index is 12.9. The van der Waals surface area contributed by atoms with E-state index in [0.717, 1.165) is 57.8 Å². The molecule has 0 aromatic carbocycles. The van der Waals surface area contributed by atoms with E-state index in [0.29, 0.717) is 17.4 Å². The zero-order valence-electron chi connectivity index (χ0n) is 68.4. The van der Waals surface area contributed by atoms with Crippen LogP contribution in [0.2, 0.25) is 0 Å². The second kappa shape index (κ2) is 82.0. The molecule has 0 rings (SSSR count). The van der Waals surface area contributed by atoms with E-state index in [9.17, 15) is 19.0 Å². The number of rotatable bonds is 85. The molecular formula is C91H174NO8P. The highest BCUT2D eigenvalue weighted by atomic mass is 31.2. The SMILES string of the molecule is CC/C=C\C/C=C\C/C=C\C/C=C\CCCCCCCCCCCCCCCCCCCCCCCCCCCCC(=O)OC(COC(=O)CCCCCCCCCCCCCCCCCCCCCCCCCCCCCCCCCCCCCCCC)COP(=O)([O-])OCC[N+](C)(C)C. The second-order valence-corrected chi connectivity index (χ2v) is 33.4. The molecule has 0 amide bonds. The molecule has 0 aromatic heterocycles. The molecule has 101 heavy (non-hydrogen) atoms. The van der Waals surface area contributed by atoms with E-state index in [2.05, 4.69) is 62.5 Å². The Kier molecular flexibility index (Phi) is 80.4. The third-order valence-corrected chi connectivity index (χ3v) is 21.6. The molecule has 0 radical (unpaired) electrons. The number of nitrogens with zero attached hydrogens (tertiary/aromatic N) is 1. The first-order chi connectivity index (χ1) is 49.5. The molecule has 0 aliphatic rings. The lowest BCUT2D eigenvalue weighted by molar-refractivity contribution is -0.870. The Morgan fingerprint density at radius 1 is 0.317 bits per heavy atom. The number of phosphoric ester groups is 1. The molecule has 0 aliphatic heterocycles. The quantitative estimate of drug-likeness (QED) is 0.0195. The van der Waals surface area contributed by atoms with Crippen molar-refractivity contribution in [3.8, 4) is 0 Å². The minimum absolute atomic E-state index is 0.0268. The predicted molar refractivity (Wildman–Crippen MR) is 439 cm³/mol. The Balaban J connectivity index is 3.83. The average Bonchev–Trinajstić information content (AvgIpc) is 0.973. The van der Waals surface area contributed by atoms with Crippen LogP contribution in [0.25, 0.3) is 0 Å². The van der Waals surface area contributed by atoms with Crippen LogP contribution in [0.3, 0.4) is 0 Å². The van der Waals surface area contributed by atoms with Gasteiger partial charge in [-0.1, -0.05) is 454 Å². The Morgan fingerprint density at radius 3 is 0.842 bits per heavy atom. The monoisotopic (exact) mass is 1440 g/mol. The maximum atomic E-state index is 12.9. The summed E-state index contributed by atoms with van der Waals surface area (Å²) in [6.07, 6.45) is 110. The number of phosphoric acid groups is 1. The molecule has 2 unspecified atom stereocenters. The molecule has 0 saturated heterocycles. The molecule has 2 atom stereocenters. The molecule has 0 saturated carbocycles. The highest BCUT2D eigenvalue weighted by molar-refractivity contribution is 7.45. The summed E-state index contributed by atoms with van der Waals surface area (Å²) in [6, 6.07) is 0. The van der Waals surface area contributed by atoms with E-state index < -0.39 is 26.5 Å². The molecule has 9 nitrogen and oxygen atoms in total. The van der Waals surface area contributed by atoms with Gasteiger partial charge in [-0.25, -0.2) is 0 Å². The maximum Gasteiger partial charge on any atom is 0.306 e. The highest BCUT2D eigenvalue weighted by Crippen LogP contribution is 2.38. The van der Waals surface area contributed by atoms with Gasteiger partial charge in [0.05, 0.1) is 27.7 Å². The summed E-state index contributed by atoms with van der Waals surface area (Å²) >= 11 is 0. The number of allylic oxidation sites excluding steroid dienone is 8. The topological polar surface area (TPSA) is 111 Å². The number of quaternary nitrogens is 1. The number of hydrogen-bond donors (Lipinski definition) is 0. The van der Waals surface area contributed by atoms with E-state index >= 15 is 0 Å². The van der Waals surface area contributed by atoms with Gasteiger partial charge in [-0.2, -0.15) is 0 Å². The Labute approximate surface area is 630 Å². The predicted octanol–water partition coefficient (Wildman–Crippen LogP) is 29.6. The minimum atomic E-state index is -4.64. The smallest absolute Gasteiger partial charge is 0.306 e. The van der Waals surface area contributed by atoms with Gasteiger partial charge in [-0.05, 0) is 51.4 Å². The van der Waals surface area contributed by atoms with Gasteiger partial charge in [0.1, 0.15) is 19.8 Å². The number of carbonyl (C=O) groups excluding carboxylic acids is 2. The molecule has 0 heterocycles. The molecule has 0 spiro atoms. The molecule has 0 fully saturated rings. The number of carbonyl (C=O) groups is 2. The third kappa shape index (κ3) is 86.8. The van der Waals surface area contributed by atoms with Crippen LogP contribution >= 0.6 is 7.82 Å². The van der Waals surface area contributed by atoms with Gasteiger partial charge in [0, 0.05) is 12.8 Å². The van der Waals surface area contributed by atoms with Crippen LogP contribution in [0.4, 0.5) is 0 Å². The van der Waals surface area contributed by atoms with Crippen LogP contribution in [0.15, 0.2) is 48.6 Å². The molecule has 0 N–H and O–H groups in total. The number of ether oxygens (including phenoxy) is 2. The van der Waals surface area contributed by atoms with E-state index in [-0.39, 0.29) is 32.0 Å². The van der Waals surface area contributed by atoms with Gasteiger partial charge < -0.3 is 27.9 Å². The van der Waals surface area contributed by atoms with E-state index in [1.54, 1.807) is 0 Å². The van der Waals surface area contributed by atoms with Crippen molar-refractivity contribution in [1.82, 2.24) is 0 Å². The number of esters is 2. The number of likely N-dealkylation sites (N-methyl/N-ethyl adjacent to an activating group) is 1. The Hall–Kier alpha value is -2.03. The van der Waals surface area contributed by atoms with Crippen molar-refractivity contribution < 1.29 is 42.1 Å². The average molecular weight is 1440 g/mol. The van der Waals surface area contributed by atoms with E-state index in [1.807, 2.05) is 21.1 Å². The first-order valence-electron chi connectivity index (χ1n) is 44.8. The molecule has 596 valence electrons. The summed E-state index contributed by atoms with van der Waals surface area (Å²) in [7, 11) is 1.20. The summed E-state index contributed by atoms with van der Waals surface area (Å²) in [5, 5.41) is 0. The summed E-state index contributed by atoms with van der Waals surface area (Å²) in [5.41, 5.74) is 0. The zero-order valence-corrected chi connectivity index (χ0v) is 69.3. The molecule has 0 aliphatic carbocycles. The summed E-state index contributed by atoms with van der Waals surface area (Å²) < 4.78 is 34.5. The first-order valence-corrected chi connectivity index (χ1v) is 46.3. The summed E-state index contributed by atoms with van der Waals surface area (Å²) in [6.45, 7) is 4.22. The number of hydrogen-bond acceptors (Lipinski definition) is 8. The highest BCUT2D eigenvalue weighted by Gasteiger charge is 2.22. The lowest BCUT2D eigenvalue weighted by Gasteiger charge is -2.28.